The normalized spacial score (nSPS) is 21.9. The van der Waals surface area contributed by atoms with Crippen molar-refractivity contribution in [3.05, 3.63) is 35.4 Å². The minimum Gasteiger partial charge on any atom is -0.349 e. The minimum atomic E-state index is 0.0836. The van der Waals surface area contributed by atoms with Gasteiger partial charge in [-0.3, -0.25) is 4.79 Å². The van der Waals surface area contributed by atoms with Crippen molar-refractivity contribution in [1.29, 1.82) is 0 Å². The molecule has 104 valence electrons. The molecule has 0 unspecified atom stereocenters. The molecule has 1 aromatic carbocycles. The minimum absolute atomic E-state index is 0.0836. The van der Waals surface area contributed by atoms with Crippen LogP contribution in [-0.4, -0.2) is 30.9 Å². The molecule has 0 bridgehead atoms. The van der Waals surface area contributed by atoms with Gasteiger partial charge in [0.1, 0.15) is 0 Å². The molecule has 1 aliphatic rings. The van der Waals surface area contributed by atoms with Crippen molar-refractivity contribution >= 4 is 5.91 Å². The molecule has 19 heavy (non-hydrogen) atoms. The molecule has 1 saturated heterocycles. The number of nitrogens with one attached hydrogen (secondary N) is 1. The van der Waals surface area contributed by atoms with Crippen molar-refractivity contribution in [2.24, 2.45) is 5.92 Å². The van der Waals surface area contributed by atoms with Crippen LogP contribution in [0.3, 0.4) is 0 Å². The summed E-state index contributed by atoms with van der Waals surface area (Å²) < 4.78 is 0. The summed E-state index contributed by atoms with van der Waals surface area (Å²) in [5.74, 6) is 0.339. The molecule has 3 heteroatoms. The summed E-state index contributed by atoms with van der Waals surface area (Å²) in [5.41, 5.74) is 2.42. The van der Waals surface area contributed by atoms with E-state index in [1.807, 2.05) is 0 Å². The van der Waals surface area contributed by atoms with E-state index in [0.717, 1.165) is 25.9 Å². The molecule has 1 N–H and O–H groups in total. The number of rotatable bonds is 3. The van der Waals surface area contributed by atoms with Gasteiger partial charge in [0, 0.05) is 6.54 Å². The third-order valence-corrected chi connectivity index (χ3v) is 3.93. The first-order chi connectivity index (χ1) is 9.06. The average Bonchev–Trinajstić information content (AvgIpc) is 2.39. The number of piperidine rings is 1. The van der Waals surface area contributed by atoms with Gasteiger partial charge in [0.2, 0.25) is 5.91 Å². The standard InChI is InChI=1S/C16H24N2O/c1-12-6-8-14(9-7-12)13(2)17-16(19)15-5-4-10-18(3)11-15/h6-9,13,15H,4-5,10-11H2,1-3H3,(H,17,19)/t13-,15-/m1/s1. The second kappa shape index (κ2) is 6.20. The van der Waals surface area contributed by atoms with Crippen LogP contribution in [-0.2, 0) is 4.79 Å². The van der Waals surface area contributed by atoms with Crippen LogP contribution in [0.5, 0.6) is 0 Å². The molecule has 3 nitrogen and oxygen atoms in total. The van der Waals surface area contributed by atoms with E-state index in [1.54, 1.807) is 0 Å². The summed E-state index contributed by atoms with van der Waals surface area (Å²) >= 11 is 0. The first-order valence-corrected chi connectivity index (χ1v) is 7.12. The summed E-state index contributed by atoms with van der Waals surface area (Å²) in [6.07, 6.45) is 2.13. The summed E-state index contributed by atoms with van der Waals surface area (Å²) in [6.45, 7) is 6.11. The highest BCUT2D eigenvalue weighted by atomic mass is 16.2. The first-order valence-electron chi connectivity index (χ1n) is 7.12. The van der Waals surface area contributed by atoms with Crippen molar-refractivity contribution in [2.75, 3.05) is 20.1 Å². The van der Waals surface area contributed by atoms with E-state index in [2.05, 4.69) is 55.4 Å². The smallest absolute Gasteiger partial charge is 0.224 e. The molecular weight excluding hydrogens is 236 g/mol. The first kappa shape index (κ1) is 14.1. The van der Waals surface area contributed by atoms with E-state index >= 15 is 0 Å². The summed E-state index contributed by atoms with van der Waals surface area (Å²) in [7, 11) is 2.09. The monoisotopic (exact) mass is 260 g/mol. The van der Waals surface area contributed by atoms with Crippen LogP contribution < -0.4 is 5.32 Å². The largest absolute Gasteiger partial charge is 0.349 e. The lowest BCUT2D eigenvalue weighted by Crippen LogP contribution is -2.42. The van der Waals surface area contributed by atoms with Crippen LogP contribution in [0.4, 0.5) is 0 Å². The molecule has 0 spiro atoms. The highest BCUT2D eigenvalue weighted by Gasteiger charge is 2.24. The lowest BCUT2D eigenvalue weighted by atomic mass is 9.96. The number of nitrogens with zero attached hydrogens (tertiary/aromatic N) is 1. The zero-order chi connectivity index (χ0) is 13.8. The van der Waals surface area contributed by atoms with E-state index < -0.39 is 0 Å². The van der Waals surface area contributed by atoms with Crippen LogP contribution in [0, 0.1) is 12.8 Å². The zero-order valence-electron chi connectivity index (χ0n) is 12.1. The van der Waals surface area contributed by atoms with Crippen molar-refractivity contribution in [3.8, 4) is 0 Å². The Morgan fingerprint density at radius 3 is 2.68 bits per heavy atom. The zero-order valence-corrected chi connectivity index (χ0v) is 12.1. The SMILES string of the molecule is Cc1ccc([C@@H](C)NC(=O)[C@@H]2CCCN(C)C2)cc1. The van der Waals surface area contributed by atoms with E-state index in [9.17, 15) is 4.79 Å². The number of carbonyl (C=O) groups excluding carboxylic acids is 1. The van der Waals surface area contributed by atoms with Crippen molar-refractivity contribution in [2.45, 2.75) is 32.7 Å². The molecule has 0 radical (unpaired) electrons. The van der Waals surface area contributed by atoms with Crippen LogP contribution in [0.15, 0.2) is 24.3 Å². The average molecular weight is 260 g/mol. The van der Waals surface area contributed by atoms with Gasteiger partial charge in [0.05, 0.1) is 12.0 Å². The Morgan fingerprint density at radius 2 is 2.05 bits per heavy atom. The second-order valence-electron chi connectivity index (χ2n) is 5.74. The molecule has 0 aromatic heterocycles. The maximum atomic E-state index is 12.3. The van der Waals surface area contributed by atoms with Crippen molar-refractivity contribution < 1.29 is 4.79 Å². The molecule has 2 rings (SSSR count). The molecular formula is C16H24N2O. The van der Waals surface area contributed by atoms with Gasteiger partial charge in [-0.1, -0.05) is 29.8 Å². The van der Waals surface area contributed by atoms with E-state index in [1.165, 1.54) is 11.1 Å². The fourth-order valence-electron chi connectivity index (χ4n) is 2.65. The predicted octanol–water partition coefficient (Wildman–Crippen LogP) is 2.51. The van der Waals surface area contributed by atoms with Crippen molar-refractivity contribution in [1.82, 2.24) is 10.2 Å². The van der Waals surface area contributed by atoms with Gasteiger partial charge in [0.15, 0.2) is 0 Å². The third-order valence-electron chi connectivity index (χ3n) is 3.93. The van der Waals surface area contributed by atoms with Gasteiger partial charge in [0.25, 0.3) is 0 Å². The van der Waals surface area contributed by atoms with E-state index in [-0.39, 0.29) is 17.9 Å². The van der Waals surface area contributed by atoms with E-state index in [0.29, 0.717) is 0 Å². The third kappa shape index (κ3) is 3.80. The Labute approximate surface area is 116 Å². The maximum absolute atomic E-state index is 12.3. The van der Waals surface area contributed by atoms with Gasteiger partial charge in [-0.25, -0.2) is 0 Å². The lowest BCUT2D eigenvalue weighted by molar-refractivity contribution is -0.127. The molecule has 2 atom stereocenters. The van der Waals surface area contributed by atoms with Gasteiger partial charge in [-0.2, -0.15) is 0 Å². The number of amides is 1. The predicted molar refractivity (Wildman–Crippen MR) is 78.0 cm³/mol. The second-order valence-corrected chi connectivity index (χ2v) is 5.74. The number of benzene rings is 1. The van der Waals surface area contributed by atoms with Gasteiger partial charge in [-0.15, -0.1) is 0 Å². The summed E-state index contributed by atoms with van der Waals surface area (Å²) in [4.78, 5) is 14.5. The highest BCUT2D eigenvalue weighted by molar-refractivity contribution is 5.79. The molecule has 1 aliphatic heterocycles. The molecule has 1 aromatic rings. The lowest BCUT2D eigenvalue weighted by Gasteiger charge is -2.29. The van der Waals surface area contributed by atoms with Gasteiger partial charge < -0.3 is 10.2 Å². The van der Waals surface area contributed by atoms with E-state index in [4.69, 9.17) is 0 Å². The topological polar surface area (TPSA) is 32.3 Å². The van der Waals surface area contributed by atoms with Crippen LogP contribution >= 0.6 is 0 Å². The molecule has 0 saturated carbocycles. The Balaban J connectivity index is 1.92. The molecule has 0 aliphatic carbocycles. The Hall–Kier alpha value is -1.35. The Morgan fingerprint density at radius 1 is 1.37 bits per heavy atom. The summed E-state index contributed by atoms with van der Waals surface area (Å²) in [5, 5.41) is 3.14. The fraction of sp³-hybridized carbons (Fsp3) is 0.562. The highest BCUT2D eigenvalue weighted by Crippen LogP contribution is 2.18. The molecule has 1 amide bonds. The molecule has 1 fully saturated rings. The fourth-order valence-corrected chi connectivity index (χ4v) is 2.65. The summed E-state index contributed by atoms with van der Waals surface area (Å²) in [6, 6.07) is 8.44. The Kier molecular flexibility index (Phi) is 4.59. The Bertz CT molecular complexity index is 427. The van der Waals surface area contributed by atoms with Crippen molar-refractivity contribution in [3.63, 3.8) is 0 Å². The van der Waals surface area contributed by atoms with Crippen LogP contribution in [0.25, 0.3) is 0 Å². The quantitative estimate of drug-likeness (QED) is 0.905. The number of carbonyl (C=O) groups is 1. The molecule has 1 heterocycles. The van der Waals surface area contributed by atoms with Crippen LogP contribution in [0.1, 0.15) is 36.9 Å². The van der Waals surface area contributed by atoms with Crippen LogP contribution in [0.2, 0.25) is 0 Å². The number of aryl methyl sites for hydroxylation is 1. The number of likely N-dealkylation sites (tertiary alicyclic amines) is 1. The maximum Gasteiger partial charge on any atom is 0.224 e. The van der Waals surface area contributed by atoms with Gasteiger partial charge in [-0.05, 0) is 45.8 Å². The van der Waals surface area contributed by atoms with Gasteiger partial charge >= 0.3 is 0 Å². The number of hydrogen-bond acceptors (Lipinski definition) is 2. The number of hydrogen-bond donors (Lipinski definition) is 1.